The SMILES string of the molecule is CCCCC(=O)OCC(OC(=O)CCCC)C(CCC)OC(=O)CCCC. The minimum Gasteiger partial charge on any atom is -0.462 e. The highest BCUT2D eigenvalue weighted by atomic mass is 16.6. The fourth-order valence-electron chi connectivity index (χ4n) is 2.49. The van der Waals surface area contributed by atoms with Crippen LogP contribution in [-0.2, 0) is 28.6 Å². The van der Waals surface area contributed by atoms with Crippen LogP contribution in [0.25, 0.3) is 0 Å². The van der Waals surface area contributed by atoms with Crippen molar-refractivity contribution < 1.29 is 28.6 Å². The Morgan fingerprint density at radius 3 is 1.52 bits per heavy atom. The van der Waals surface area contributed by atoms with E-state index in [4.69, 9.17) is 14.2 Å². The van der Waals surface area contributed by atoms with Crippen LogP contribution >= 0.6 is 0 Å². The summed E-state index contributed by atoms with van der Waals surface area (Å²) in [4.78, 5) is 36.0. The molecule has 0 aromatic carbocycles. The van der Waals surface area contributed by atoms with Crippen molar-refractivity contribution in [1.82, 2.24) is 0 Å². The second-order valence-electron chi connectivity index (χ2n) is 6.84. The minimum atomic E-state index is -0.759. The largest absolute Gasteiger partial charge is 0.462 e. The molecule has 0 aliphatic heterocycles. The maximum absolute atomic E-state index is 12.1. The molecule has 0 aliphatic rings. The Labute approximate surface area is 164 Å². The highest BCUT2D eigenvalue weighted by Gasteiger charge is 2.29. The molecule has 0 rings (SSSR count). The first-order chi connectivity index (χ1) is 13.0. The smallest absolute Gasteiger partial charge is 0.306 e. The Morgan fingerprint density at radius 1 is 0.630 bits per heavy atom. The first-order valence-electron chi connectivity index (χ1n) is 10.5. The topological polar surface area (TPSA) is 78.9 Å². The van der Waals surface area contributed by atoms with E-state index in [2.05, 4.69) is 0 Å². The van der Waals surface area contributed by atoms with Crippen molar-refractivity contribution in [2.45, 2.75) is 111 Å². The van der Waals surface area contributed by atoms with E-state index in [1.54, 1.807) is 0 Å². The van der Waals surface area contributed by atoms with Crippen molar-refractivity contribution >= 4 is 17.9 Å². The number of esters is 3. The third-order valence-corrected chi connectivity index (χ3v) is 4.17. The van der Waals surface area contributed by atoms with Gasteiger partial charge in [0.1, 0.15) is 12.7 Å². The average Bonchev–Trinajstić information content (AvgIpc) is 2.65. The summed E-state index contributed by atoms with van der Waals surface area (Å²) in [5.41, 5.74) is 0. The summed E-state index contributed by atoms with van der Waals surface area (Å²) in [7, 11) is 0. The molecule has 0 amide bonds. The monoisotopic (exact) mass is 386 g/mol. The molecular weight excluding hydrogens is 348 g/mol. The third kappa shape index (κ3) is 13.3. The Balaban J connectivity index is 4.95. The zero-order chi connectivity index (χ0) is 20.5. The lowest BCUT2D eigenvalue weighted by molar-refractivity contribution is -0.176. The molecule has 0 aromatic rings. The van der Waals surface area contributed by atoms with E-state index in [1.165, 1.54) is 0 Å². The van der Waals surface area contributed by atoms with Crippen LogP contribution in [0.4, 0.5) is 0 Å². The van der Waals surface area contributed by atoms with Crippen LogP contribution in [0.5, 0.6) is 0 Å². The second-order valence-corrected chi connectivity index (χ2v) is 6.84. The molecule has 0 spiro atoms. The van der Waals surface area contributed by atoms with Crippen molar-refractivity contribution in [2.24, 2.45) is 0 Å². The zero-order valence-corrected chi connectivity index (χ0v) is 17.6. The summed E-state index contributed by atoms with van der Waals surface area (Å²) in [6.07, 6.45) is 5.87. The van der Waals surface area contributed by atoms with Crippen molar-refractivity contribution in [3.63, 3.8) is 0 Å². The molecule has 27 heavy (non-hydrogen) atoms. The van der Waals surface area contributed by atoms with Crippen LogP contribution in [0.15, 0.2) is 0 Å². The fourth-order valence-corrected chi connectivity index (χ4v) is 2.49. The first-order valence-corrected chi connectivity index (χ1v) is 10.5. The lowest BCUT2D eigenvalue weighted by atomic mass is 10.1. The molecule has 6 nitrogen and oxygen atoms in total. The van der Waals surface area contributed by atoms with Crippen LogP contribution in [0, 0.1) is 0 Å². The maximum atomic E-state index is 12.1. The Bertz CT molecular complexity index is 421. The number of carbonyl (C=O) groups is 3. The molecule has 0 aromatic heterocycles. The van der Waals surface area contributed by atoms with Crippen molar-refractivity contribution in [2.75, 3.05) is 6.61 Å². The van der Waals surface area contributed by atoms with Gasteiger partial charge >= 0.3 is 17.9 Å². The van der Waals surface area contributed by atoms with Crippen LogP contribution < -0.4 is 0 Å². The van der Waals surface area contributed by atoms with Gasteiger partial charge in [-0.25, -0.2) is 0 Å². The highest BCUT2D eigenvalue weighted by Crippen LogP contribution is 2.16. The quantitative estimate of drug-likeness (QED) is 0.282. The van der Waals surface area contributed by atoms with Gasteiger partial charge in [0, 0.05) is 19.3 Å². The molecule has 0 saturated carbocycles. The van der Waals surface area contributed by atoms with Gasteiger partial charge in [0.2, 0.25) is 0 Å². The zero-order valence-electron chi connectivity index (χ0n) is 17.6. The van der Waals surface area contributed by atoms with E-state index in [1.807, 2.05) is 27.7 Å². The average molecular weight is 387 g/mol. The van der Waals surface area contributed by atoms with Crippen molar-refractivity contribution in [3.8, 4) is 0 Å². The van der Waals surface area contributed by atoms with Crippen molar-refractivity contribution in [3.05, 3.63) is 0 Å². The lowest BCUT2D eigenvalue weighted by Gasteiger charge is -2.26. The van der Waals surface area contributed by atoms with Crippen LogP contribution in [0.1, 0.15) is 98.3 Å². The molecule has 2 unspecified atom stereocenters. The summed E-state index contributed by atoms with van der Waals surface area (Å²) in [5.74, 6) is -0.974. The molecule has 0 fully saturated rings. The summed E-state index contributed by atoms with van der Waals surface area (Å²) >= 11 is 0. The van der Waals surface area contributed by atoms with Gasteiger partial charge in [-0.05, 0) is 25.7 Å². The molecular formula is C21H38O6. The Hall–Kier alpha value is -1.59. The van der Waals surface area contributed by atoms with Gasteiger partial charge in [0.05, 0.1) is 0 Å². The van der Waals surface area contributed by atoms with E-state index < -0.39 is 12.2 Å². The molecule has 0 saturated heterocycles. The van der Waals surface area contributed by atoms with Gasteiger partial charge in [0.15, 0.2) is 6.10 Å². The molecule has 0 heterocycles. The molecule has 2 atom stereocenters. The number of carbonyl (C=O) groups excluding carboxylic acids is 3. The summed E-state index contributed by atoms with van der Waals surface area (Å²) in [5, 5.41) is 0. The van der Waals surface area contributed by atoms with Gasteiger partial charge in [-0.2, -0.15) is 0 Å². The Morgan fingerprint density at radius 2 is 1.07 bits per heavy atom. The summed E-state index contributed by atoms with van der Waals surface area (Å²) < 4.78 is 16.4. The molecule has 158 valence electrons. The van der Waals surface area contributed by atoms with Gasteiger partial charge in [-0.1, -0.05) is 53.4 Å². The van der Waals surface area contributed by atoms with Gasteiger partial charge < -0.3 is 14.2 Å². The van der Waals surface area contributed by atoms with Crippen molar-refractivity contribution in [1.29, 1.82) is 0 Å². The normalized spacial score (nSPS) is 12.9. The van der Waals surface area contributed by atoms with Gasteiger partial charge in [-0.3, -0.25) is 14.4 Å². The van der Waals surface area contributed by atoms with E-state index in [0.29, 0.717) is 25.7 Å². The lowest BCUT2D eigenvalue weighted by Crippen LogP contribution is -2.39. The third-order valence-electron chi connectivity index (χ3n) is 4.17. The predicted octanol–water partition coefficient (Wildman–Crippen LogP) is 4.72. The number of hydrogen-bond acceptors (Lipinski definition) is 6. The molecule has 0 radical (unpaired) electrons. The maximum Gasteiger partial charge on any atom is 0.306 e. The fraction of sp³-hybridized carbons (Fsp3) is 0.857. The Kier molecular flexibility index (Phi) is 15.6. The van der Waals surface area contributed by atoms with Crippen LogP contribution in [0.3, 0.4) is 0 Å². The second kappa shape index (κ2) is 16.6. The van der Waals surface area contributed by atoms with E-state index in [-0.39, 0.29) is 24.5 Å². The standard InChI is InChI=1S/C21H38O6/c1-5-9-13-19(22)25-16-18(27-21(24)15-11-7-3)17(12-8-4)26-20(23)14-10-6-2/h17-18H,5-16H2,1-4H3. The number of ether oxygens (including phenoxy) is 3. The molecule has 0 bridgehead atoms. The highest BCUT2D eigenvalue weighted by molar-refractivity contribution is 5.71. The number of rotatable bonds is 16. The van der Waals surface area contributed by atoms with Gasteiger partial charge in [0.25, 0.3) is 0 Å². The van der Waals surface area contributed by atoms with Gasteiger partial charge in [-0.15, -0.1) is 0 Å². The molecule has 6 heteroatoms. The first kappa shape index (κ1) is 25.4. The van der Waals surface area contributed by atoms with E-state index in [0.717, 1.165) is 44.9 Å². The van der Waals surface area contributed by atoms with E-state index >= 15 is 0 Å². The minimum absolute atomic E-state index is 0.0772. The number of hydrogen-bond donors (Lipinski definition) is 0. The molecule has 0 aliphatic carbocycles. The summed E-state index contributed by atoms with van der Waals surface area (Å²) in [6.45, 7) is 7.89. The van der Waals surface area contributed by atoms with Crippen LogP contribution in [0.2, 0.25) is 0 Å². The molecule has 0 N–H and O–H groups in total. The number of unbranched alkanes of at least 4 members (excludes halogenated alkanes) is 3. The predicted molar refractivity (Wildman–Crippen MR) is 104 cm³/mol. The van der Waals surface area contributed by atoms with E-state index in [9.17, 15) is 14.4 Å². The summed E-state index contributed by atoms with van der Waals surface area (Å²) in [6, 6.07) is 0. The van der Waals surface area contributed by atoms with Crippen LogP contribution in [-0.4, -0.2) is 36.7 Å².